The van der Waals surface area contributed by atoms with Crippen LogP contribution < -0.4 is 31.1 Å². The van der Waals surface area contributed by atoms with Crippen LogP contribution in [0.4, 0.5) is 17.5 Å². The van der Waals surface area contributed by atoms with Crippen molar-refractivity contribution in [3.63, 3.8) is 0 Å². The van der Waals surface area contributed by atoms with Gasteiger partial charge in [0.2, 0.25) is 17.8 Å². The number of hydrogen-bond donors (Lipinski definition) is 4. The minimum Gasteiger partial charge on any atom is -0.478 e. The number of piperidine rings is 3. The molecule has 0 spiro atoms. The smallest absolute Gasteiger partial charge is 0.294 e. The molecule has 3 aromatic heterocycles. The summed E-state index contributed by atoms with van der Waals surface area (Å²) in [5.74, 6) is 0.104. The van der Waals surface area contributed by atoms with Crippen molar-refractivity contribution in [2.75, 3.05) is 57.1 Å². The summed E-state index contributed by atoms with van der Waals surface area (Å²) in [5.41, 5.74) is 2.95. The third kappa shape index (κ3) is 8.41. The Morgan fingerprint density at radius 2 is 1.72 bits per heavy atom. The Morgan fingerprint density at radius 1 is 1.02 bits per heavy atom. The second-order valence-electron chi connectivity index (χ2n) is 17.2. The predicted octanol–water partition coefficient (Wildman–Crippen LogP) is 4.11. The summed E-state index contributed by atoms with van der Waals surface area (Å²) in [4.78, 5) is 67.9. The van der Waals surface area contributed by atoms with Gasteiger partial charge in [-0.3, -0.25) is 34.1 Å². The van der Waals surface area contributed by atoms with Gasteiger partial charge in [-0.15, -0.1) is 0 Å². The fourth-order valence-corrected chi connectivity index (χ4v) is 9.73. The molecule has 17 nitrogen and oxygen atoms in total. The van der Waals surface area contributed by atoms with E-state index in [9.17, 15) is 24.3 Å². The third-order valence-electron chi connectivity index (χ3n) is 13.1. The number of aromatic nitrogens is 4. The lowest BCUT2D eigenvalue weighted by Gasteiger charge is -2.47. The highest BCUT2D eigenvalue weighted by Crippen LogP contribution is 2.42. The molecule has 3 fully saturated rings. The number of hydrogen-bond acceptors (Lipinski definition) is 14. The second-order valence-corrected chi connectivity index (χ2v) is 17.6. The molecule has 3 atom stereocenters. The number of aliphatic hydroxyl groups is 1. The van der Waals surface area contributed by atoms with E-state index < -0.39 is 5.60 Å². The topological polar surface area (TPSA) is 200 Å². The van der Waals surface area contributed by atoms with Gasteiger partial charge in [0.25, 0.3) is 11.5 Å². The molecule has 324 valence electrons. The number of halogens is 1. The SMILES string of the molecule is CNC(=O)COc1cc2cc(Nc3nc(N4CCC(C(C)(O)C5CCN(C6=CCC7C(=C6)N(C)N=C7C6CCC(=O)NC6=O)CC5)CC4)ncc3Cl)cnc2n(C(C)C)c1=O. The van der Waals surface area contributed by atoms with Crippen LogP contribution in [0.15, 0.2) is 58.0 Å². The number of ether oxygens (including phenoxy) is 1. The molecule has 3 aromatic rings. The number of hydrazone groups is 1. The number of rotatable bonds is 11. The second kappa shape index (κ2) is 17.1. The van der Waals surface area contributed by atoms with Crippen molar-refractivity contribution in [2.24, 2.45) is 28.8 Å². The van der Waals surface area contributed by atoms with Gasteiger partial charge < -0.3 is 30.3 Å². The summed E-state index contributed by atoms with van der Waals surface area (Å²) in [5, 5.41) is 27.9. The maximum atomic E-state index is 13.2. The Kier molecular flexibility index (Phi) is 11.8. The van der Waals surface area contributed by atoms with Crippen LogP contribution in [0.2, 0.25) is 5.02 Å². The molecular formula is C43H54ClN11O6. The van der Waals surface area contributed by atoms with E-state index in [1.165, 1.54) is 11.6 Å². The summed E-state index contributed by atoms with van der Waals surface area (Å²) in [6.07, 6.45) is 12.6. The molecule has 18 heteroatoms. The van der Waals surface area contributed by atoms with E-state index in [1.54, 1.807) is 18.5 Å². The van der Waals surface area contributed by atoms with Crippen LogP contribution in [0.1, 0.15) is 71.8 Å². The molecule has 3 unspecified atom stereocenters. The van der Waals surface area contributed by atoms with Gasteiger partial charge in [0.15, 0.2) is 18.2 Å². The van der Waals surface area contributed by atoms with E-state index in [0.29, 0.717) is 59.4 Å². The average molecular weight is 856 g/mol. The number of carbonyl (C=O) groups excluding carboxylic acids is 3. The maximum absolute atomic E-state index is 13.2. The highest BCUT2D eigenvalue weighted by molar-refractivity contribution is 6.33. The zero-order valence-electron chi connectivity index (χ0n) is 35.3. The van der Waals surface area contributed by atoms with Crippen LogP contribution in [0.3, 0.4) is 0 Å². The van der Waals surface area contributed by atoms with Gasteiger partial charge in [-0.05, 0) is 89.3 Å². The molecule has 7 heterocycles. The Hall–Kier alpha value is -5.55. The van der Waals surface area contributed by atoms with Gasteiger partial charge >= 0.3 is 0 Å². The number of anilines is 3. The first-order valence-corrected chi connectivity index (χ1v) is 21.6. The summed E-state index contributed by atoms with van der Waals surface area (Å²) < 4.78 is 7.13. The highest BCUT2D eigenvalue weighted by Gasteiger charge is 2.44. The van der Waals surface area contributed by atoms with E-state index in [4.69, 9.17) is 26.4 Å². The summed E-state index contributed by atoms with van der Waals surface area (Å²) in [7, 11) is 3.43. The lowest BCUT2D eigenvalue weighted by molar-refractivity contribution is -0.134. The molecule has 1 aliphatic carbocycles. The molecule has 3 amide bonds. The molecule has 3 saturated heterocycles. The number of allylic oxidation sites excluding steroid dienone is 3. The largest absolute Gasteiger partial charge is 0.478 e. The number of amides is 3. The van der Waals surface area contributed by atoms with Crippen molar-refractivity contribution in [3.05, 3.63) is 63.4 Å². The minimum atomic E-state index is -0.830. The van der Waals surface area contributed by atoms with Gasteiger partial charge in [-0.2, -0.15) is 10.1 Å². The number of nitrogens with one attached hydrogen (secondary N) is 3. The number of nitrogens with zero attached hydrogens (tertiary/aromatic N) is 8. The Balaban J connectivity index is 0.873. The van der Waals surface area contributed by atoms with Crippen LogP contribution in [0, 0.1) is 23.7 Å². The number of likely N-dealkylation sites (N-methyl/N-ethyl adjacent to an activating group) is 1. The Bertz CT molecular complexity index is 2380. The number of imide groups is 1. The molecule has 0 radical (unpaired) electrons. The minimum absolute atomic E-state index is 0.0379. The quantitative estimate of drug-likeness (QED) is 0.201. The van der Waals surface area contributed by atoms with E-state index in [2.05, 4.69) is 47.9 Å². The molecule has 0 aromatic carbocycles. The monoisotopic (exact) mass is 855 g/mol. The first kappa shape index (κ1) is 42.2. The normalized spacial score (nSPS) is 22.4. The maximum Gasteiger partial charge on any atom is 0.294 e. The standard InChI is InChI=1S/C43H54ClN11O6/c1-24(2)55-39-25(19-34(41(55)59)61-23-36(57)45-4)18-28(21-46-39)48-38-32(44)22-47-42(50-38)54-16-12-27(13-17-54)43(3,60)26-10-14-53(15-11-26)29-6-7-30-33(20-29)52(5)51-37(30)31-8-9-35(56)49-40(31)58/h6,18-22,24,26-27,30-31,60H,7-17,23H2,1-5H3,(H,45,57)(H,47,48,50)(H,49,56,58). The van der Waals surface area contributed by atoms with Crippen LogP contribution in [-0.2, 0) is 14.4 Å². The summed E-state index contributed by atoms with van der Waals surface area (Å²) >= 11 is 6.60. The van der Waals surface area contributed by atoms with Crippen molar-refractivity contribution in [1.82, 2.24) is 40.1 Å². The average Bonchev–Trinajstić information content (AvgIpc) is 3.58. The number of carbonyl (C=O) groups is 3. The van der Waals surface area contributed by atoms with Crippen LogP contribution in [0.25, 0.3) is 11.0 Å². The summed E-state index contributed by atoms with van der Waals surface area (Å²) in [6.45, 7) is 8.53. The molecule has 4 N–H and O–H groups in total. The molecule has 0 saturated carbocycles. The molecular weight excluding hydrogens is 802 g/mol. The molecule has 8 rings (SSSR count). The molecule has 5 aliphatic rings. The molecule has 4 aliphatic heterocycles. The predicted molar refractivity (Wildman–Crippen MR) is 231 cm³/mol. The fraction of sp³-hybridized carbons (Fsp3) is 0.535. The van der Waals surface area contributed by atoms with Gasteiger partial charge in [0.05, 0.1) is 35.3 Å². The van der Waals surface area contributed by atoms with Crippen LogP contribution in [0.5, 0.6) is 5.75 Å². The van der Waals surface area contributed by atoms with Gasteiger partial charge in [0.1, 0.15) is 10.7 Å². The third-order valence-corrected chi connectivity index (χ3v) is 13.4. The highest BCUT2D eigenvalue weighted by atomic mass is 35.5. The Labute approximate surface area is 359 Å². The van der Waals surface area contributed by atoms with Gasteiger partial charge in [-0.25, -0.2) is 9.97 Å². The molecule has 0 bridgehead atoms. The van der Waals surface area contributed by atoms with E-state index >= 15 is 0 Å². The fourth-order valence-electron chi connectivity index (χ4n) is 9.59. The van der Waals surface area contributed by atoms with Crippen molar-refractivity contribution >= 4 is 63.5 Å². The van der Waals surface area contributed by atoms with Crippen LogP contribution >= 0.6 is 11.6 Å². The van der Waals surface area contributed by atoms with Crippen molar-refractivity contribution in [1.29, 1.82) is 0 Å². The zero-order valence-corrected chi connectivity index (χ0v) is 36.0. The summed E-state index contributed by atoms with van der Waals surface area (Å²) in [6, 6.07) is 3.20. The van der Waals surface area contributed by atoms with Crippen molar-refractivity contribution < 1.29 is 24.2 Å². The molecule has 61 heavy (non-hydrogen) atoms. The van der Waals surface area contributed by atoms with E-state index in [-0.39, 0.29) is 65.4 Å². The first-order valence-electron chi connectivity index (χ1n) is 21.2. The van der Waals surface area contributed by atoms with Gasteiger partial charge in [-0.1, -0.05) is 17.7 Å². The lowest BCUT2D eigenvalue weighted by Crippen LogP contribution is -2.51. The van der Waals surface area contributed by atoms with Crippen molar-refractivity contribution in [2.45, 2.75) is 77.4 Å². The van der Waals surface area contributed by atoms with E-state index in [0.717, 1.165) is 62.3 Å². The number of likely N-dealkylation sites (tertiary alicyclic amines) is 1. The lowest BCUT2D eigenvalue weighted by atomic mass is 9.70. The van der Waals surface area contributed by atoms with E-state index in [1.807, 2.05) is 38.9 Å². The number of pyridine rings is 2. The number of fused-ring (bicyclic) bond motifs is 2. The van der Waals surface area contributed by atoms with Crippen molar-refractivity contribution in [3.8, 4) is 5.75 Å². The van der Waals surface area contributed by atoms with Gasteiger partial charge in [0, 0.05) is 75.4 Å². The van der Waals surface area contributed by atoms with Crippen LogP contribution in [-0.4, -0.2) is 110 Å². The Morgan fingerprint density at radius 3 is 2.39 bits per heavy atom. The first-order chi connectivity index (χ1) is 29.2. The zero-order chi connectivity index (χ0) is 43.2.